The van der Waals surface area contributed by atoms with E-state index >= 15 is 0 Å². The first-order valence-electron chi connectivity index (χ1n) is 5.46. The van der Waals surface area contributed by atoms with Crippen LogP contribution in [0.4, 0.5) is 5.69 Å². The summed E-state index contributed by atoms with van der Waals surface area (Å²) in [7, 11) is 0. The van der Waals surface area contributed by atoms with Crippen molar-refractivity contribution in [3.05, 3.63) is 37.9 Å². The van der Waals surface area contributed by atoms with Crippen molar-refractivity contribution in [3.63, 3.8) is 0 Å². The third-order valence-corrected chi connectivity index (χ3v) is 3.50. The average molecular weight is 305 g/mol. The van der Waals surface area contributed by atoms with Crippen LogP contribution in [0.5, 0.6) is 0 Å². The molecule has 19 heavy (non-hydrogen) atoms. The first-order chi connectivity index (χ1) is 8.88. The van der Waals surface area contributed by atoms with Crippen LogP contribution in [-0.2, 0) is 11.3 Å². The highest BCUT2D eigenvalue weighted by Gasteiger charge is 2.33. The fourth-order valence-electron chi connectivity index (χ4n) is 2.04. The van der Waals surface area contributed by atoms with Gasteiger partial charge < -0.3 is 5.11 Å². The first kappa shape index (κ1) is 14.0. The second-order valence-corrected chi connectivity index (χ2v) is 5.23. The Balaban J connectivity index is 2.17. The topological polar surface area (TPSA) is 83.7 Å². The lowest BCUT2D eigenvalue weighted by atomic mass is 9.99. The minimum Gasteiger partial charge on any atom is -0.481 e. The number of hydrogen-bond acceptors (Lipinski definition) is 4. The van der Waals surface area contributed by atoms with Gasteiger partial charge in [0.05, 0.1) is 10.8 Å². The molecule has 0 aromatic heterocycles. The molecule has 0 amide bonds. The second-order valence-electron chi connectivity index (χ2n) is 4.38. The molecular formula is C11H10Cl2N2O4. The Morgan fingerprint density at radius 3 is 2.63 bits per heavy atom. The van der Waals surface area contributed by atoms with Crippen LogP contribution in [0.1, 0.15) is 5.56 Å². The Labute approximate surface area is 118 Å². The van der Waals surface area contributed by atoms with E-state index in [1.807, 2.05) is 0 Å². The number of carbonyl (C=O) groups is 1. The maximum absolute atomic E-state index is 11.0. The normalized spacial score (nSPS) is 16.1. The number of aliphatic carboxylic acids is 1. The van der Waals surface area contributed by atoms with E-state index in [0.717, 1.165) is 0 Å². The molecule has 0 radical (unpaired) electrons. The van der Waals surface area contributed by atoms with E-state index in [2.05, 4.69) is 0 Å². The highest BCUT2D eigenvalue weighted by atomic mass is 35.5. The van der Waals surface area contributed by atoms with Gasteiger partial charge in [0.15, 0.2) is 0 Å². The number of halogens is 2. The summed E-state index contributed by atoms with van der Waals surface area (Å²) in [6.45, 7) is 1.01. The fraction of sp³-hybridized carbons (Fsp3) is 0.364. The fourth-order valence-corrected chi connectivity index (χ4v) is 2.64. The third-order valence-electron chi connectivity index (χ3n) is 2.99. The number of nitro benzene ring substituents is 1. The van der Waals surface area contributed by atoms with Crippen LogP contribution in [0.2, 0.25) is 10.0 Å². The van der Waals surface area contributed by atoms with Crippen LogP contribution in [-0.4, -0.2) is 34.0 Å². The van der Waals surface area contributed by atoms with Crippen LogP contribution in [0.3, 0.4) is 0 Å². The molecule has 1 aromatic rings. The van der Waals surface area contributed by atoms with Gasteiger partial charge in [-0.15, -0.1) is 0 Å². The lowest BCUT2D eigenvalue weighted by Gasteiger charge is -2.36. The van der Waals surface area contributed by atoms with Crippen molar-refractivity contribution >= 4 is 34.9 Å². The lowest BCUT2D eigenvalue weighted by Crippen LogP contribution is -2.49. The summed E-state index contributed by atoms with van der Waals surface area (Å²) in [5.74, 6) is -1.26. The molecule has 1 aliphatic rings. The molecule has 8 heteroatoms. The molecule has 0 spiro atoms. The molecule has 1 saturated heterocycles. The van der Waals surface area contributed by atoms with Crippen molar-refractivity contribution < 1.29 is 14.8 Å². The lowest BCUT2D eigenvalue weighted by molar-refractivity contribution is -0.385. The van der Waals surface area contributed by atoms with E-state index in [0.29, 0.717) is 23.7 Å². The Kier molecular flexibility index (Phi) is 3.93. The summed E-state index contributed by atoms with van der Waals surface area (Å²) in [6, 6.07) is 2.81. The molecule has 1 N–H and O–H groups in total. The molecule has 0 aliphatic carbocycles. The molecule has 0 bridgehead atoms. The number of nitro groups is 1. The number of benzene rings is 1. The SMILES string of the molecule is O=C(O)C1CN(Cc2cc(Cl)cc(Cl)c2[N+](=O)[O-])C1. The molecule has 102 valence electrons. The maximum atomic E-state index is 11.0. The van der Waals surface area contributed by atoms with Gasteiger partial charge in [0.1, 0.15) is 5.02 Å². The number of nitrogens with zero attached hydrogens (tertiary/aromatic N) is 2. The number of hydrogen-bond donors (Lipinski definition) is 1. The summed E-state index contributed by atoms with van der Waals surface area (Å²) in [4.78, 5) is 22.9. The van der Waals surface area contributed by atoms with E-state index in [1.165, 1.54) is 12.1 Å². The molecule has 2 rings (SSSR count). The van der Waals surface area contributed by atoms with Crippen molar-refractivity contribution in [2.45, 2.75) is 6.54 Å². The molecule has 1 heterocycles. The summed E-state index contributed by atoms with van der Waals surface area (Å²) < 4.78 is 0. The Morgan fingerprint density at radius 2 is 2.11 bits per heavy atom. The standard InChI is InChI=1S/C11H10Cl2N2O4/c12-8-1-6(10(15(18)19)9(13)2-8)3-14-4-7(5-14)11(16)17/h1-2,7H,3-5H2,(H,16,17). The van der Waals surface area contributed by atoms with E-state index in [1.54, 1.807) is 4.90 Å². The van der Waals surface area contributed by atoms with Crippen LogP contribution in [0, 0.1) is 16.0 Å². The summed E-state index contributed by atoms with van der Waals surface area (Å²) >= 11 is 11.6. The van der Waals surface area contributed by atoms with Crippen molar-refractivity contribution in [1.29, 1.82) is 0 Å². The van der Waals surface area contributed by atoms with Gasteiger partial charge in [-0.1, -0.05) is 23.2 Å². The first-order valence-corrected chi connectivity index (χ1v) is 6.21. The number of likely N-dealkylation sites (tertiary alicyclic amines) is 1. The number of carboxylic acid groups (broad SMARTS) is 1. The summed E-state index contributed by atoms with van der Waals surface area (Å²) in [5.41, 5.74) is 0.219. The third kappa shape index (κ3) is 2.97. The molecule has 0 saturated carbocycles. The van der Waals surface area contributed by atoms with Gasteiger partial charge in [-0.2, -0.15) is 0 Å². The number of rotatable bonds is 4. The zero-order valence-corrected chi connectivity index (χ0v) is 11.2. The van der Waals surface area contributed by atoms with Gasteiger partial charge in [0, 0.05) is 30.2 Å². The van der Waals surface area contributed by atoms with E-state index in [4.69, 9.17) is 28.3 Å². The zero-order valence-electron chi connectivity index (χ0n) is 9.68. The van der Waals surface area contributed by atoms with Crippen molar-refractivity contribution in [3.8, 4) is 0 Å². The van der Waals surface area contributed by atoms with Gasteiger partial charge >= 0.3 is 5.97 Å². The number of carboxylic acids is 1. The van der Waals surface area contributed by atoms with Gasteiger partial charge in [-0.05, 0) is 12.1 Å². The Morgan fingerprint density at radius 1 is 1.47 bits per heavy atom. The van der Waals surface area contributed by atoms with Crippen LogP contribution >= 0.6 is 23.2 Å². The predicted octanol–water partition coefficient (Wildman–Crippen LogP) is 2.42. The molecule has 1 aromatic carbocycles. The molecule has 6 nitrogen and oxygen atoms in total. The highest BCUT2D eigenvalue weighted by molar-refractivity contribution is 6.36. The van der Waals surface area contributed by atoms with Crippen LogP contribution in [0.25, 0.3) is 0 Å². The maximum Gasteiger partial charge on any atom is 0.309 e. The summed E-state index contributed by atoms with van der Waals surface area (Å²) in [5, 5.41) is 20.1. The average Bonchev–Trinajstić information content (AvgIpc) is 2.20. The Bertz CT molecular complexity index is 544. The molecule has 0 atom stereocenters. The molecule has 0 unspecified atom stereocenters. The van der Waals surface area contributed by atoms with Crippen LogP contribution < -0.4 is 0 Å². The summed E-state index contributed by atoms with van der Waals surface area (Å²) in [6.07, 6.45) is 0. The van der Waals surface area contributed by atoms with Gasteiger partial charge in [0.2, 0.25) is 0 Å². The predicted molar refractivity (Wildman–Crippen MR) is 69.5 cm³/mol. The Hall–Kier alpha value is -1.37. The highest BCUT2D eigenvalue weighted by Crippen LogP contribution is 2.33. The van der Waals surface area contributed by atoms with Crippen molar-refractivity contribution in [2.24, 2.45) is 5.92 Å². The largest absolute Gasteiger partial charge is 0.481 e. The monoisotopic (exact) mass is 304 g/mol. The van der Waals surface area contributed by atoms with Crippen LogP contribution in [0.15, 0.2) is 12.1 Å². The zero-order chi connectivity index (χ0) is 14.2. The van der Waals surface area contributed by atoms with Crippen molar-refractivity contribution in [1.82, 2.24) is 4.90 Å². The van der Waals surface area contributed by atoms with E-state index in [9.17, 15) is 14.9 Å². The van der Waals surface area contributed by atoms with E-state index < -0.39 is 16.8 Å². The van der Waals surface area contributed by atoms with Gasteiger partial charge in [-0.25, -0.2) is 0 Å². The second kappa shape index (κ2) is 5.32. The van der Waals surface area contributed by atoms with Crippen molar-refractivity contribution in [2.75, 3.05) is 13.1 Å². The van der Waals surface area contributed by atoms with Gasteiger partial charge in [0.25, 0.3) is 5.69 Å². The molecular weight excluding hydrogens is 295 g/mol. The minimum atomic E-state index is -0.852. The van der Waals surface area contributed by atoms with E-state index in [-0.39, 0.29) is 17.3 Å². The van der Waals surface area contributed by atoms with Gasteiger partial charge in [-0.3, -0.25) is 19.8 Å². The molecule has 1 fully saturated rings. The molecule has 1 aliphatic heterocycles. The quantitative estimate of drug-likeness (QED) is 0.682. The minimum absolute atomic E-state index is 0.0113. The smallest absolute Gasteiger partial charge is 0.309 e.